The molecule has 2 N–H and O–H groups in total. The molecule has 6 nitrogen and oxygen atoms in total. The first-order chi connectivity index (χ1) is 12.0. The fourth-order valence-corrected chi connectivity index (χ4v) is 2.57. The Balaban J connectivity index is 1.70. The summed E-state index contributed by atoms with van der Waals surface area (Å²) in [6.45, 7) is 3.71. The maximum absolute atomic E-state index is 12.1. The molecule has 0 aliphatic rings. The fraction of sp³-hybridized carbons (Fsp3) is 0.211. The highest BCUT2D eigenvalue weighted by molar-refractivity contribution is 5.96. The highest BCUT2D eigenvalue weighted by atomic mass is 16.2. The van der Waals surface area contributed by atoms with Crippen molar-refractivity contribution in [3.63, 3.8) is 0 Å². The molecule has 0 fully saturated rings. The molecule has 0 unspecified atom stereocenters. The van der Waals surface area contributed by atoms with Crippen LogP contribution in [0.5, 0.6) is 0 Å². The van der Waals surface area contributed by atoms with Crippen LogP contribution in [0, 0.1) is 0 Å². The molecule has 3 rings (SSSR count). The van der Waals surface area contributed by atoms with Gasteiger partial charge in [-0.25, -0.2) is 4.98 Å². The third kappa shape index (κ3) is 3.85. The minimum atomic E-state index is -0.277. The second-order valence-corrected chi connectivity index (χ2v) is 6.06. The zero-order valence-corrected chi connectivity index (χ0v) is 14.2. The zero-order chi connectivity index (χ0) is 17.8. The van der Waals surface area contributed by atoms with Crippen LogP contribution in [0.1, 0.15) is 24.2 Å². The number of nitrogens with one attached hydrogen (secondary N) is 2. The second kappa shape index (κ2) is 7.17. The Kier molecular flexibility index (Phi) is 4.79. The lowest BCUT2D eigenvalue weighted by atomic mass is 10.2. The first kappa shape index (κ1) is 16.7. The van der Waals surface area contributed by atoms with E-state index in [1.165, 1.54) is 0 Å². The number of carbonyl (C=O) groups excluding carboxylic acids is 2. The summed E-state index contributed by atoms with van der Waals surface area (Å²) < 4.78 is 1.97. The van der Waals surface area contributed by atoms with E-state index in [0.717, 1.165) is 16.7 Å². The lowest BCUT2D eigenvalue weighted by molar-refractivity contribution is -0.120. The van der Waals surface area contributed by atoms with Gasteiger partial charge in [0.1, 0.15) is 6.33 Å². The van der Waals surface area contributed by atoms with Crippen LogP contribution in [0.2, 0.25) is 0 Å². The predicted molar refractivity (Wildman–Crippen MR) is 96.7 cm³/mol. The molecule has 0 saturated heterocycles. The quantitative estimate of drug-likeness (QED) is 0.750. The van der Waals surface area contributed by atoms with Crippen molar-refractivity contribution in [1.82, 2.24) is 20.2 Å². The van der Waals surface area contributed by atoms with E-state index >= 15 is 0 Å². The normalized spacial score (nSPS) is 10.8. The van der Waals surface area contributed by atoms with Crippen LogP contribution in [-0.4, -0.2) is 34.0 Å². The first-order valence-electron chi connectivity index (χ1n) is 8.14. The zero-order valence-electron chi connectivity index (χ0n) is 14.2. The largest absolute Gasteiger partial charge is 0.352 e. The van der Waals surface area contributed by atoms with Gasteiger partial charge in [0.05, 0.1) is 17.6 Å². The Morgan fingerprint density at radius 1 is 1.08 bits per heavy atom. The topological polar surface area (TPSA) is 76.0 Å². The van der Waals surface area contributed by atoms with Crippen molar-refractivity contribution in [2.24, 2.45) is 0 Å². The average Bonchev–Trinajstić information content (AvgIpc) is 3.03. The Morgan fingerprint density at radius 3 is 2.52 bits per heavy atom. The maximum Gasteiger partial charge on any atom is 0.251 e. The molecule has 1 heterocycles. The van der Waals surface area contributed by atoms with Crippen molar-refractivity contribution in [3.8, 4) is 5.69 Å². The summed E-state index contributed by atoms with van der Waals surface area (Å²) in [4.78, 5) is 28.1. The standard InChI is InChI=1S/C19H20N4O2/c1-13(2)22-18(24)11-20-19(25)14-7-9-15(10-8-14)23-12-21-16-5-3-4-6-17(16)23/h3-10,12-13H,11H2,1-2H3,(H,20,25)(H,22,24). The van der Waals surface area contributed by atoms with E-state index in [-0.39, 0.29) is 24.4 Å². The van der Waals surface area contributed by atoms with Crippen LogP contribution in [0.15, 0.2) is 54.9 Å². The smallest absolute Gasteiger partial charge is 0.251 e. The molecule has 25 heavy (non-hydrogen) atoms. The van der Waals surface area contributed by atoms with Gasteiger partial charge < -0.3 is 10.6 Å². The fourth-order valence-electron chi connectivity index (χ4n) is 2.57. The Morgan fingerprint density at radius 2 is 1.80 bits per heavy atom. The van der Waals surface area contributed by atoms with Gasteiger partial charge in [-0.15, -0.1) is 0 Å². The van der Waals surface area contributed by atoms with Gasteiger partial charge in [-0.2, -0.15) is 0 Å². The summed E-state index contributed by atoms with van der Waals surface area (Å²) in [7, 11) is 0. The summed E-state index contributed by atoms with van der Waals surface area (Å²) in [6.07, 6.45) is 1.76. The van der Waals surface area contributed by atoms with Crippen molar-refractivity contribution in [2.45, 2.75) is 19.9 Å². The summed E-state index contributed by atoms with van der Waals surface area (Å²) >= 11 is 0. The number of benzene rings is 2. The van der Waals surface area contributed by atoms with Gasteiger partial charge in [-0.3, -0.25) is 14.2 Å². The molecule has 0 aliphatic heterocycles. The minimum absolute atomic E-state index is 0.0368. The minimum Gasteiger partial charge on any atom is -0.352 e. The van der Waals surface area contributed by atoms with E-state index in [9.17, 15) is 9.59 Å². The van der Waals surface area contributed by atoms with Gasteiger partial charge in [-0.1, -0.05) is 12.1 Å². The van der Waals surface area contributed by atoms with Gasteiger partial charge in [0.2, 0.25) is 5.91 Å². The Bertz CT molecular complexity index is 897. The molecule has 0 spiro atoms. The Hall–Kier alpha value is -3.15. The number of amides is 2. The van der Waals surface area contributed by atoms with E-state index < -0.39 is 0 Å². The van der Waals surface area contributed by atoms with Crippen LogP contribution in [0.3, 0.4) is 0 Å². The van der Waals surface area contributed by atoms with E-state index in [4.69, 9.17) is 0 Å². The van der Waals surface area contributed by atoms with E-state index in [2.05, 4.69) is 15.6 Å². The van der Waals surface area contributed by atoms with E-state index in [0.29, 0.717) is 5.56 Å². The number of imidazole rings is 1. The number of hydrogen-bond donors (Lipinski definition) is 2. The molecule has 2 aromatic carbocycles. The average molecular weight is 336 g/mol. The SMILES string of the molecule is CC(C)NC(=O)CNC(=O)c1ccc(-n2cnc3ccccc32)cc1. The number of nitrogens with zero attached hydrogens (tertiary/aromatic N) is 2. The summed E-state index contributed by atoms with van der Waals surface area (Å²) in [5.41, 5.74) is 3.35. The number of aromatic nitrogens is 2. The molecular formula is C19H20N4O2. The number of rotatable bonds is 5. The van der Waals surface area contributed by atoms with Crippen LogP contribution in [-0.2, 0) is 4.79 Å². The monoisotopic (exact) mass is 336 g/mol. The highest BCUT2D eigenvalue weighted by Crippen LogP contribution is 2.18. The molecule has 0 aliphatic carbocycles. The van der Waals surface area contributed by atoms with Gasteiger partial charge in [-0.05, 0) is 50.2 Å². The summed E-state index contributed by atoms with van der Waals surface area (Å²) in [6, 6.07) is 15.1. The van der Waals surface area contributed by atoms with Crippen molar-refractivity contribution in [1.29, 1.82) is 0 Å². The molecule has 0 radical (unpaired) electrons. The molecule has 0 atom stereocenters. The summed E-state index contributed by atoms with van der Waals surface area (Å²) in [5, 5.41) is 5.35. The van der Waals surface area contributed by atoms with E-state index in [1.54, 1.807) is 18.5 Å². The Labute approximate surface area is 145 Å². The van der Waals surface area contributed by atoms with Crippen LogP contribution in [0.25, 0.3) is 16.7 Å². The molecule has 0 saturated carbocycles. The molecule has 6 heteroatoms. The third-order valence-corrected chi connectivity index (χ3v) is 3.72. The molecule has 0 bridgehead atoms. The van der Waals surface area contributed by atoms with Crippen molar-refractivity contribution < 1.29 is 9.59 Å². The first-order valence-corrected chi connectivity index (χ1v) is 8.14. The van der Waals surface area contributed by atoms with Crippen LogP contribution >= 0.6 is 0 Å². The van der Waals surface area contributed by atoms with E-state index in [1.807, 2.05) is 54.8 Å². The van der Waals surface area contributed by atoms with Gasteiger partial charge >= 0.3 is 0 Å². The molecular weight excluding hydrogens is 316 g/mol. The van der Waals surface area contributed by atoms with Crippen molar-refractivity contribution >= 4 is 22.8 Å². The van der Waals surface area contributed by atoms with Gasteiger partial charge in [0, 0.05) is 17.3 Å². The second-order valence-electron chi connectivity index (χ2n) is 6.06. The molecule has 128 valence electrons. The van der Waals surface area contributed by atoms with Gasteiger partial charge in [0.15, 0.2) is 0 Å². The molecule has 1 aromatic heterocycles. The summed E-state index contributed by atoms with van der Waals surface area (Å²) in [5.74, 6) is -0.481. The third-order valence-electron chi connectivity index (χ3n) is 3.72. The number of hydrogen-bond acceptors (Lipinski definition) is 3. The maximum atomic E-state index is 12.1. The van der Waals surface area contributed by atoms with Crippen molar-refractivity contribution in [3.05, 3.63) is 60.4 Å². The van der Waals surface area contributed by atoms with Gasteiger partial charge in [0.25, 0.3) is 5.91 Å². The van der Waals surface area contributed by atoms with Crippen LogP contribution < -0.4 is 10.6 Å². The number of para-hydroxylation sites is 2. The number of fused-ring (bicyclic) bond motifs is 1. The highest BCUT2D eigenvalue weighted by Gasteiger charge is 2.10. The predicted octanol–water partition coefficient (Wildman–Crippen LogP) is 2.28. The van der Waals surface area contributed by atoms with Crippen LogP contribution in [0.4, 0.5) is 0 Å². The molecule has 2 amide bonds. The molecule has 3 aromatic rings. The lowest BCUT2D eigenvalue weighted by Gasteiger charge is -2.10. The lowest BCUT2D eigenvalue weighted by Crippen LogP contribution is -2.39. The number of carbonyl (C=O) groups is 2. The van der Waals surface area contributed by atoms with Crippen molar-refractivity contribution in [2.75, 3.05) is 6.54 Å².